The van der Waals surface area contributed by atoms with Crippen molar-refractivity contribution in [1.29, 1.82) is 0 Å². The summed E-state index contributed by atoms with van der Waals surface area (Å²) in [6.07, 6.45) is 3.56. The molecule has 28 heavy (non-hydrogen) atoms. The Kier molecular flexibility index (Phi) is 5.39. The second-order valence-corrected chi connectivity index (χ2v) is 8.84. The summed E-state index contributed by atoms with van der Waals surface area (Å²) < 4.78 is 1.91. The minimum atomic E-state index is -0.274. The number of rotatable bonds is 6. The summed E-state index contributed by atoms with van der Waals surface area (Å²) in [6.45, 7) is 3.06. The molecule has 1 saturated heterocycles. The Hall–Kier alpha value is -2.35. The average molecular weight is 400 g/mol. The van der Waals surface area contributed by atoms with Crippen LogP contribution in [-0.2, 0) is 9.59 Å². The molecule has 1 atom stereocenters. The van der Waals surface area contributed by atoms with E-state index in [1.165, 1.54) is 11.8 Å². The van der Waals surface area contributed by atoms with Crippen LogP contribution in [0.1, 0.15) is 44.3 Å². The molecular weight excluding hydrogens is 374 g/mol. The maximum absolute atomic E-state index is 12.8. The molecule has 2 fully saturated rings. The number of carbonyl (C=O) groups is 2. The predicted octanol–water partition coefficient (Wildman–Crippen LogP) is 2.35. The van der Waals surface area contributed by atoms with Crippen molar-refractivity contribution in [1.82, 2.24) is 19.7 Å². The molecule has 7 nitrogen and oxygen atoms in total. The quantitative estimate of drug-likeness (QED) is 0.753. The first kappa shape index (κ1) is 19.0. The van der Waals surface area contributed by atoms with Gasteiger partial charge in [0.25, 0.3) is 0 Å². The summed E-state index contributed by atoms with van der Waals surface area (Å²) in [4.78, 5) is 30.7. The Morgan fingerprint density at radius 3 is 2.43 bits per heavy atom. The van der Waals surface area contributed by atoms with Crippen LogP contribution in [0.5, 0.6) is 0 Å². The summed E-state index contributed by atoms with van der Waals surface area (Å²) in [5.41, 5.74) is 6.38. The van der Waals surface area contributed by atoms with Gasteiger partial charge in [-0.1, -0.05) is 30.0 Å². The van der Waals surface area contributed by atoms with Gasteiger partial charge in [-0.15, -0.1) is 5.10 Å². The van der Waals surface area contributed by atoms with Crippen molar-refractivity contribution >= 4 is 23.6 Å². The zero-order valence-electron chi connectivity index (χ0n) is 16.0. The molecule has 1 aliphatic heterocycles. The van der Waals surface area contributed by atoms with Gasteiger partial charge in [-0.2, -0.15) is 0 Å². The number of nitrogens with zero attached hydrogens (tertiary/aromatic N) is 4. The molecule has 1 saturated carbocycles. The summed E-state index contributed by atoms with van der Waals surface area (Å²) >= 11 is 1.40. The summed E-state index contributed by atoms with van der Waals surface area (Å²) in [6, 6.07) is 10.00. The van der Waals surface area contributed by atoms with Gasteiger partial charge < -0.3 is 10.6 Å². The smallest absolute Gasteiger partial charge is 0.235 e. The first-order valence-electron chi connectivity index (χ1n) is 9.80. The Bertz CT molecular complexity index is 857. The van der Waals surface area contributed by atoms with Gasteiger partial charge in [0.1, 0.15) is 5.82 Å². The lowest BCUT2D eigenvalue weighted by atomic mass is 9.96. The molecule has 2 aliphatic rings. The van der Waals surface area contributed by atoms with Gasteiger partial charge in [-0.05, 0) is 44.7 Å². The largest absolute Gasteiger partial charge is 0.369 e. The molecule has 0 spiro atoms. The van der Waals surface area contributed by atoms with E-state index in [0.29, 0.717) is 37.0 Å². The van der Waals surface area contributed by atoms with Gasteiger partial charge in [-0.3, -0.25) is 9.59 Å². The van der Waals surface area contributed by atoms with Crippen molar-refractivity contribution in [2.45, 2.75) is 48.9 Å². The number of nitrogens with two attached hydrogens (primary N) is 1. The normalized spacial score (nSPS) is 18.8. The highest BCUT2D eigenvalue weighted by Crippen LogP contribution is 2.40. The molecular formula is C20H25N5O2S. The van der Waals surface area contributed by atoms with Crippen LogP contribution in [0.15, 0.2) is 35.5 Å². The third kappa shape index (κ3) is 4.06. The average Bonchev–Trinajstić information content (AvgIpc) is 3.48. The molecule has 148 valence electrons. The number of piperidine rings is 1. The number of benzene rings is 1. The molecule has 1 unspecified atom stereocenters. The van der Waals surface area contributed by atoms with Crippen LogP contribution >= 0.6 is 11.8 Å². The number of primary amides is 1. The predicted molar refractivity (Wildman–Crippen MR) is 107 cm³/mol. The van der Waals surface area contributed by atoms with Crippen LogP contribution in [0.3, 0.4) is 0 Å². The number of hydrogen-bond acceptors (Lipinski definition) is 5. The molecule has 1 aromatic heterocycles. The molecule has 8 heteroatoms. The van der Waals surface area contributed by atoms with Gasteiger partial charge >= 0.3 is 0 Å². The fourth-order valence-electron chi connectivity index (χ4n) is 3.57. The lowest BCUT2D eigenvalue weighted by molar-refractivity contribution is -0.134. The Labute approximate surface area is 168 Å². The number of carbonyl (C=O) groups excluding carboxylic acids is 2. The van der Waals surface area contributed by atoms with E-state index < -0.39 is 0 Å². The van der Waals surface area contributed by atoms with Crippen molar-refractivity contribution in [2.75, 3.05) is 13.1 Å². The van der Waals surface area contributed by atoms with Crippen molar-refractivity contribution in [3.05, 3.63) is 36.2 Å². The van der Waals surface area contributed by atoms with Crippen molar-refractivity contribution in [3.63, 3.8) is 0 Å². The standard InChI is InChI=1S/C20H25N5O2S/c1-13(19(27)24-11-9-14(10-12-24)17(21)26)28-20-22-18(15-7-8-15)25(23-20)16-5-3-2-4-6-16/h2-6,13-15H,7-12H2,1H3,(H2,21,26). The highest BCUT2D eigenvalue weighted by Gasteiger charge is 2.32. The fourth-order valence-corrected chi connectivity index (χ4v) is 4.41. The molecule has 1 aromatic carbocycles. The van der Waals surface area contributed by atoms with E-state index in [-0.39, 0.29) is 23.0 Å². The lowest BCUT2D eigenvalue weighted by Gasteiger charge is -2.32. The number of likely N-dealkylation sites (tertiary alicyclic amines) is 1. The van der Waals surface area contributed by atoms with Crippen LogP contribution in [0, 0.1) is 5.92 Å². The van der Waals surface area contributed by atoms with Gasteiger partial charge in [0.15, 0.2) is 0 Å². The fraction of sp³-hybridized carbons (Fsp3) is 0.500. The number of amides is 2. The first-order chi connectivity index (χ1) is 13.5. The van der Waals surface area contributed by atoms with Crippen molar-refractivity contribution < 1.29 is 9.59 Å². The number of aromatic nitrogens is 3. The van der Waals surface area contributed by atoms with Crippen molar-refractivity contribution in [3.8, 4) is 5.69 Å². The summed E-state index contributed by atoms with van der Waals surface area (Å²) in [5.74, 6) is 1.13. The third-order valence-electron chi connectivity index (χ3n) is 5.39. The second-order valence-electron chi connectivity index (χ2n) is 7.54. The van der Waals surface area contributed by atoms with E-state index >= 15 is 0 Å². The summed E-state index contributed by atoms with van der Waals surface area (Å²) in [7, 11) is 0. The minimum absolute atomic E-state index is 0.0666. The molecule has 0 radical (unpaired) electrons. The van der Waals surface area contributed by atoms with Crippen LogP contribution in [0.4, 0.5) is 0 Å². The van der Waals surface area contributed by atoms with Gasteiger partial charge in [0.05, 0.1) is 10.9 Å². The van der Waals surface area contributed by atoms with Gasteiger partial charge in [0, 0.05) is 24.9 Å². The van der Waals surface area contributed by atoms with E-state index in [1.54, 1.807) is 0 Å². The molecule has 2 aromatic rings. The molecule has 0 bridgehead atoms. The highest BCUT2D eigenvalue weighted by molar-refractivity contribution is 8.00. The van der Waals surface area contributed by atoms with Crippen LogP contribution in [0.25, 0.3) is 5.69 Å². The SMILES string of the molecule is CC(Sc1nc(C2CC2)n(-c2ccccc2)n1)C(=O)N1CCC(C(N)=O)CC1. The van der Waals surface area contributed by atoms with Crippen LogP contribution in [0.2, 0.25) is 0 Å². The Balaban J connectivity index is 1.44. The van der Waals surface area contributed by atoms with E-state index in [1.807, 2.05) is 46.8 Å². The molecule has 2 heterocycles. The summed E-state index contributed by atoms with van der Waals surface area (Å²) in [5, 5.41) is 5.04. The Morgan fingerprint density at radius 1 is 1.14 bits per heavy atom. The number of thioether (sulfide) groups is 1. The number of para-hydroxylation sites is 1. The Morgan fingerprint density at radius 2 is 1.82 bits per heavy atom. The lowest BCUT2D eigenvalue weighted by Crippen LogP contribution is -2.44. The van der Waals surface area contributed by atoms with Gasteiger partial charge in [0.2, 0.25) is 17.0 Å². The second kappa shape index (κ2) is 7.95. The van der Waals surface area contributed by atoms with E-state index in [9.17, 15) is 9.59 Å². The number of hydrogen-bond donors (Lipinski definition) is 1. The molecule has 2 N–H and O–H groups in total. The highest BCUT2D eigenvalue weighted by atomic mass is 32.2. The van der Waals surface area contributed by atoms with E-state index in [0.717, 1.165) is 24.4 Å². The van der Waals surface area contributed by atoms with Crippen molar-refractivity contribution in [2.24, 2.45) is 11.7 Å². The first-order valence-corrected chi connectivity index (χ1v) is 10.7. The van der Waals surface area contributed by atoms with E-state index in [2.05, 4.69) is 5.10 Å². The zero-order valence-corrected chi connectivity index (χ0v) is 16.8. The molecule has 2 amide bonds. The van der Waals surface area contributed by atoms with Crippen LogP contribution in [-0.4, -0.2) is 49.8 Å². The molecule has 1 aliphatic carbocycles. The maximum atomic E-state index is 12.8. The minimum Gasteiger partial charge on any atom is -0.369 e. The van der Waals surface area contributed by atoms with Crippen LogP contribution < -0.4 is 5.73 Å². The topological polar surface area (TPSA) is 94.1 Å². The van der Waals surface area contributed by atoms with Gasteiger partial charge in [-0.25, -0.2) is 9.67 Å². The van der Waals surface area contributed by atoms with E-state index in [4.69, 9.17) is 10.7 Å². The maximum Gasteiger partial charge on any atom is 0.235 e. The monoisotopic (exact) mass is 399 g/mol. The third-order valence-corrected chi connectivity index (χ3v) is 6.33. The molecule has 4 rings (SSSR count). The zero-order chi connectivity index (χ0) is 19.7.